The molecule has 0 fully saturated rings. The first kappa shape index (κ1) is 10.3. The minimum Gasteiger partial charge on any atom is -0.337 e. The Kier molecular flexibility index (Phi) is 2.83. The highest BCUT2D eigenvalue weighted by Crippen LogP contribution is 2.31. The molecule has 1 heterocycles. The molecule has 0 radical (unpaired) electrons. The molecule has 0 bridgehead atoms. The fraction of sp³-hybridized carbons (Fsp3) is 0.538. The topological polar surface area (TPSA) is 30.9 Å². The molecule has 1 aromatic heterocycles. The molecular formula is C13H18N2. The summed E-state index contributed by atoms with van der Waals surface area (Å²) in [5, 5.41) is 0. The highest BCUT2D eigenvalue weighted by atomic mass is 15.0. The lowest BCUT2D eigenvalue weighted by Crippen LogP contribution is -2.19. The summed E-state index contributed by atoms with van der Waals surface area (Å²) in [5.74, 6) is 2.84. The van der Waals surface area contributed by atoms with E-state index < -0.39 is 0 Å². The Morgan fingerprint density at radius 1 is 1.73 bits per heavy atom. The summed E-state index contributed by atoms with van der Waals surface area (Å²) in [6, 6.07) is 2.54. The second-order valence-electron chi connectivity index (χ2n) is 4.21. The second kappa shape index (κ2) is 4.12. The molecule has 2 unspecified atom stereocenters. The third-order valence-corrected chi connectivity index (χ3v) is 3.30. The Morgan fingerprint density at radius 3 is 3.20 bits per heavy atom. The van der Waals surface area contributed by atoms with Crippen molar-refractivity contribution in [3.63, 3.8) is 0 Å². The van der Waals surface area contributed by atoms with Crippen LogP contribution >= 0.6 is 0 Å². The van der Waals surface area contributed by atoms with Crippen LogP contribution in [0.15, 0.2) is 12.3 Å². The molecule has 1 aliphatic rings. The summed E-state index contributed by atoms with van der Waals surface area (Å²) < 4.78 is 2.23. The van der Waals surface area contributed by atoms with E-state index in [-0.39, 0.29) is 12.1 Å². The Labute approximate surface area is 91.5 Å². The fourth-order valence-corrected chi connectivity index (χ4v) is 2.44. The summed E-state index contributed by atoms with van der Waals surface area (Å²) >= 11 is 0. The Hall–Kier alpha value is -1.20. The SMILES string of the molecule is C#CC(CC)n1ccc2c1CCCC2N. The maximum atomic E-state index is 6.08. The number of fused-ring (bicyclic) bond motifs is 1. The minimum atomic E-state index is 0.194. The quantitative estimate of drug-likeness (QED) is 0.734. The maximum absolute atomic E-state index is 6.08. The Morgan fingerprint density at radius 2 is 2.53 bits per heavy atom. The van der Waals surface area contributed by atoms with Crippen molar-refractivity contribution in [1.29, 1.82) is 0 Å². The molecule has 80 valence electrons. The van der Waals surface area contributed by atoms with Gasteiger partial charge in [0.2, 0.25) is 0 Å². The molecule has 0 amide bonds. The van der Waals surface area contributed by atoms with Crippen molar-refractivity contribution >= 4 is 0 Å². The van der Waals surface area contributed by atoms with Gasteiger partial charge in [0.1, 0.15) is 0 Å². The molecule has 2 N–H and O–H groups in total. The number of hydrogen-bond acceptors (Lipinski definition) is 1. The number of hydrogen-bond donors (Lipinski definition) is 1. The first-order valence-electron chi connectivity index (χ1n) is 5.69. The fourth-order valence-electron chi connectivity index (χ4n) is 2.44. The first-order valence-corrected chi connectivity index (χ1v) is 5.69. The van der Waals surface area contributed by atoms with Crippen LogP contribution in [-0.2, 0) is 6.42 Å². The first-order chi connectivity index (χ1) is 7.27. The number of terminal acetylenes is 1. The maximum Gasteiger partial charge on any atom is 0.0938 e. The van der Waals surface area contributed by atoms with E-state index in [1.54, 1.807) is 0 Å². The zero-order chi connectivity index (χ0) is 10.8. The van der Waals surface area contributed by atoms with E-state index in [9.17, 15) is 0 Å². The number of rotatable bonds is 2. The van der Waals surface area contributed by atoms with Crippen molar-refractivity contribution in [1.82, 2.24) is 4.57 Å². The lowest BCUT2D eigenvalue weighted by Gasteiger charge is -2.23. The zero-order valence-electron chi connectivity index (χ0n) is 9.24. The largest absolute Gasteiger partial charge is 0.337 e. The molecule has 1 aliphatic carbocycles. The molecule has 0 aliphatic heterocycles. The summed E-state index contributed by atoms with van der Waals surface area (Å²) in [7, 11) is 0. The van der Waals surface area contributed by atoms with Gasteiger partial charge in [-0.05, 0) is 37.3 Å². The third kappa shape index (κ3) is 1.68. The molecule has 15 heavy (non-hydrogen) atoms. The molecule has 2 rings (SSSR count). The van der Waals surface area contributed by atoms with Crippen LogP contribution in [0.25, 0.3) is 0 Å². The van der Waals surface area contributed by atoms with Crippen molar-refractivity contribution in [2.75, 3.05) is 0 Å². The van der Waals surface area contributed by atoms with E-state index in [4.69, 9.17) is 12.2 Å². The van der Waals surface area contributed by atoms with Crippen LogP contribution in [0.2, 0.25) is 0 Å². The molecule has 0 aromatic carbocycles. The Balaban J connectivity index is 2.39. The monoisotopic (exact) mass is 202 g/mol. The number of nitrogens with two attached hydrogens (primary N) is 1. The van der Waals surface area contributed by atoms with Crippen LogP contribution in [-0.4, -0.2) is 4.57 Å². The number of nitrogens with zero attached hydrogens (tertiary/aromatic N) is 1. The van der Waals surface area contributed by atoms with Crippen LogP contribution in [0, 0.1) is 12.3 Å². The third-order valence-electron chi connectivity index (χ3n) is 3.30. The van der Waals surface area contributed by atoms with E-state index in [0.717, 1.165) is 19.3 Å². The predicted octanol–water partition coefficient (Wildman–Crippen LogP) is 2.41. The molecule has 0 spiro atoms. The van der Waals surface area contributed by atoms with Crippen LogP contribution < -0.4 is 5.73 Å². The van der Waals surface area contributed by atoms with Crippen LogP contribution in [0.5, 0.6) is 0 Å². The zero-order valence-corrected chi connectivity index (χ0v) is 9.24. The summed E-state index contributed by atoms with van der Waals surface area (Å²) in [6.45, 7) is 2.12. The van der Waals surface area contributed by atoms with Crippen LogP contribution in [0.1, 0.15) is 49.5 Å². The van der Waals surface area contributed by atoms with Gasteiger partial charge in [-0.15, -0.1) is 6.42 Å². The predicted molar refractivity (Wildman–Crippen MR) is 62.5 cm³/mol. The molecular weight excluding hydrogens is 184 g/mol. The molecule has 2 atom stereocenters. The van der Waals surface area contributed by atoms with Gasteiger partial charge < -0.3 is 10.3 Å². The van der Waals surface area contributed by atoms with Gasteiger partial charge in [-0.2, -0.15) is 0 Å². The van der Waals surface area contributed by atoms with E-state index in [1.165, 1.54) is 17.7 Å². The standard InChI is InChI=1S/C13H18N2/c1-3-10(4-2)15-9-8-11-12(14)6-5-7-13(11)15/h1,8-10,12H,4-7,14H2,2H3. The normalized spacial score (nSPS) is 21.8. The van der Waals surface area contributed by atoms with Crippen molar-refractivity contribution in [2.45, 2.75) is 44.7 Å². The molecule has 0 saturated heterocycles. The van der Waals surface area contributed by atoms with E-state index in [0.29, 0.717) is 0 Å². The van der Waals surface area contributed by atoms with Gasteiger partial charge in [0.15, 0.2) is 0 Å². The van der Waals surface area contributed by atoms with Crippen molar-refractivity contribution < 1.29 is 0 Å². The smallest absolute Gasteiger partial charge is 0.0938 e. The Bertz CT molecular complexity index is 384. The summed E-state index contributed by atoms with van der Waals surface area (Å²) in [4.78, 5) is 0. The average Bonchev–Trinajstić information content (AvgIpc) is 2.66. The van der Waals surface area contributed by atoms with Gasteiger partial charge in [-0.25, -0.2) is 0 Å². The van der Waals surface area contributed by atoms with Gasteiger partial charge >= 0.3 is 0 Å². The summed E-state index contributed by atoms with van der Waals surface area (Å²) in [6.07, 6.45) is 12.0. The molecule has 2 nitrogen and oxygen atoms in total. The van der Waals surface area contributed by atoms with Gasteiger partial charge in [0, 0.05) is 17.9 Å². The molecule has 1 aromatic rings. The van der Waals surface area contributed by atoms with Crippen molar-refractivity contribution in [3.05, 3.63) is 23.5 Å². The highest BCUT2D eigenvalue weighted by molar-refractivity contribution is 5.29. The molecule has 0 saturated carbocycles. The molecule has 2 heteroatoms. The van der Waals surface area contributed by atoms with E-state index >= 15 is 0 Å². The number of aromatic nitrogens is 1. The van der Waals surface area contributed by atoms with E-state index in [1.807, 2.05) is 0 Å². The van der Waals surface area contributed by atoms with Gasteiger partial charge in [0.25, 0.3) is 0 Å². The van der Waals surface area contributed by atoms with Crippen LogP contribution in [0.4, 0.5) is 0 Å². The van der Waals surface area contributed by atoms with Gasteiger partial charge in [-0.3, -0.25) is 0 Å². The highest BCUT2D eigenvalue weighted by Gasteiger charge is 2.21. The van der Waals surface area contributed by atoms with Gasteiger partial charge in [0.05, 0.1) is 6.04 Å². The van der Waals surface area contributed by atoms with Gasteiger partial charge in [-0.1, -0.05) is 12.8 Å². The van der Waals surface area contributed by atoms with E-state index in [2.05, 4.69) is 29.7 Å². The van der Waals surface area contributed by atoms with Crippen molar-refractivity contribution in [2.24, 2.45) is 5.73 Å². The lowest BCUT2D eigenvalue weighted by molar-refractivity contribution is 0.517. The average molecular weight is 202 g/mol. The van der Waals surface area contributed by atoms with Crippen LogP contribution in [0.3, 0.4) is 0 Å². The minimum absolute atomic E-state index is 0.194. The summed E-state index contributed by atoms with van der Waals surface area (Å²) in [5.41, 5.74) is 8.74. The lowest BCUT2D eigenvalue weighted by atomic mass is 9.93. The van der Waals surface area contributed by atoms with Crippen molar-refractivity contribution in [3.8, 4) is 12.3 Å². The second-order valence-corrected chi connectivity index (χ2v) is 4.21.